The fourth-order valence-electron chi connectivity index (χ4n) is 1.59. The van der Waals surface area contributed by atoms with Crippen molar-refractivity contribution in [3.63, 3.8) is 0 Å². The highest BCUT2D eigenvalue weighted by Gasteiger charge is 2.20. The van der Waals surface area contributed by atoms with Gasteiger partial charge in [0.2, 0.25) is 0 Å². The predicted molar refractivity (Wildman–Crippen MR) is 67.3 cm³/mol. The van der Waals surface area contributed by atoms with E-state index in [1.165, 1.54) is 0 Å². The van der Waals surface area contributed by atoms with E-state index in [9.17, 15) is 4.57 Å². The van der Waals surface area contributed by atoms with Crippen LogP contribution in [0.3, 0.4) is 0 Å². The summed E-state index contributed by atoms with van der Waals surface area (Å²) in [6.07, 6.45) is 0. The molecule has 0 fully saturated rings. The Hall–Kier alpha value is -0.830. The van der Waals surface area contributed by atoms with E-state index in [-0.39, 0.29) is 11.7 Å². The minimum Gasteiger partial charge on any atom is -0.404 e. The molecular formula is C12H19O4P. The first-order chi connectivity index (χ1) is 7.70. The summed E-state index contributed by atoms with van der Waals surface area (Å²) in [6.45, 7) is 8.07. The van der Waals surface area contributed by atoms with E-state index in [4.69, 9.17) is 14.3 Å². The van der Waals surface area contributed by atoms with Gasteiger partial charge in [0.1, 0.15) is 5.75 Å². The summed E-state index contributed by atoms with van der Waals surface area (Å²) in [4.78, 5) is 17.7. The summed E-state index contributed by atoms with van der Waals surface area (Å²) in [6, 6.07) is 5.41. The molecule has 0 aromatic heterocycles. The van der Waals surface area contributed by atoms with Crippen molar-refractivity contribution in [1.29, 1.82) is 0 Å². The minimum absolute atomic E-state index is 0.148. The second kappa shape index (κ2) is 5.21. The Kier molecular flexibility index (Phi) is 4.36. The molecule has 1 rings (SSSR count). The molecular weight excluding hydrogens is 239 g/mol. The molecule has 0 aliphatic heterocycles. The number of benzene rings is 1. The second-order valence-electron chi connectivity index (χ2n) is 4.69. The van der Waals surface area contributed by atoms with Crippen LogP contribution in [0.15, 0.2) is 18.2 Å². The zero-order valence-electron chi connectivity index (χ0n) is 10.5. The van der Waals surface area contributed by atoms with E-state index in [0.29, 0.717) is 5.92 Å². The second-order valence-corrected chi connectivity index (χ2v) is 5.85. The Morgan fingerprint density at radius 1 is 1.12 bits per heavy atom. The molecule has 0 amide bonds. The third kappa shape index (κ3) is 4.15. The van der Waals surface area contributed by atoms with Crippen LogP contribution in [0.4, 0.5) is 0 Å². The number of phosphoric acid groups is 1. The molecule has 0 aliphatic carbocycles. The highest BCUT2D eigenvalue weighted by Crippen LogP contribution is 2.41. The lowest BCUT2D eigenvalue weighted by Gasteiger charge is -2.16. The molecule has 0 saturated heterocycles. The number of rotatable bonds is 4. The van der Waals surface area contributed by atoms with Gasteiger partial charge in [0.05, 0.1) is 0 Å². The Morgan fingerprint density at radius 2 is 1.71 bits per heavy atom. The van der Waals surface area contributed by atoms with Crippen LogP contribution in [0.25, 0.3) is 0 Å². The van der Waals surface area contributed by atoms with E-state index < -0.39 is 7.82 Å². The van der Waals surface area contributed by atoms with Crippen molar-refractivity contribution in [1.82, 2.24) is 0 Å². The molecule has 5 heteroatoms. The maximum absolute atomic E-state index is 10.9. The topological polar surface area (TPSA) is 66.8 Å². The maximum atomic E-state index is 10.9. The van der Waals surface area contributed by atoms with Gasteiger partial charge in [0.25, 0.3) is 0 Å². The molecule has 4 nitrogen and oxygen atoms in total. The Labute approximate surface area is 102 Å². The quantitative estimate of drug-likeness (QED) is 0.812. The monoisotopic (exact) mass is 258 g/mol. The van der Waals surface area contributed by atoms with Crippen LogP contribution in [0, 0.1) is 0 Å². The first-order valence-electron chi connectivity index (χ1n) is 5.59. The summed E-state index contributed by atoms with van der Waals surface area (Å²) >= 11 is 0. The highest BCUT2D eigenvalue weighted by molar-refractivity contribution is 7.46. The van der Waals surface area contributed by atoms with Crippen LogP contribution in [-0.4, -0.2) is 9.79 Å². The summed E-state index contributed by atoms with van der Waals surface area (Å²) in [5, 5.41) is 0. The van der Waals surface area contributed by atoms with E-state index in [1.807, 2.05) is 26.0 Å². The summed E-state index contributed by atoms with van der Waals surface area (Å²) < 4.78 is 15.6. The third-order valence-corrected chi connectivity index (χ3v) is 2.97. The van der Waals surface area contributed by atoms with Crippen molar-refractivity contribution in [2.45, 2.75) is 39.5 Å². The zero-order chi connectivity index (χ0) is 13.2. The third-order valence-electron chi connectivity index (χ3n) is 2.54. The van der Waals surface area contributed by atoms with Crippen LogP contribution in [-0.2, 0) is 4.57 Å². The van der Waals surface area contributed by atoms with Gasteiger partial charge in [-0.1, -0.05) is 39.8 Å². The van der Waals surface area contributed by atoms with Gasteiger partial charge in [-0.2, -0.15) is 0 Å². The van der Waals surface area contributed by atoms with Crippen molar-refractivity contribution >= 4 is 7.82 Å². The van der Waals surface area contributed by atoms with E-state index >= 15 is 0 Å². The summed E-state index contributed by atoms with van der Waals surface area (Å²) in [5.41, 5.74) is 1.95. The molecule has 0 atom stereocenters. The predicted octanol–water partition coefficient (Wildman–Crippen LogP) is 3.40. The number of phosphoric ester groups is 1. The molecule has 0 spiro atoms. The Bertz CT molecular complexity index is 434. The lowest BCUT2D eigenvalue weighted by atomic mass is 9.95. The van der Waals surface area contributed by atoms with Crippen molar-refractivity contribution in [2.24, 2.45) is 0 Å². The lowest BCUT2D eigenvalue weighted by Crippen LogP contribution is -1.99. The van der Waals surface area contributed by atoms with E-state index in [2.05, 4.69) is 13.8 Å². The molecule has 0 heterocycles. The average Bonchev–Trinajstić information content (AvgIpc) is 2.14. The smallest absolute Gasteiger partial charge is 0.404 e. The van der Waals surface area contributed by atoms with Crippen LogP contribution in [0.1, 0.15) is 50.7 Å². The fraction of sp³-hybridized carbons (Fsp3) is 0.500. The van der Waals surface area contributed by atoms with Gasteiger partial charge in [-0.15, -0.1) is 0 Å². The number of hydrogen-bond acceptors (Lipinski definition) is 2. The molecule has 0 unspecified atom stereocenters. The van der Waals surface area contributed by atoms with Gasteiger partial charge in [0, 0.05) is 0 Å². The fourth-order valence-corrected chi connectivity index (χ4v) is 2.01. The largest absolute Gasteiger partial charge is 0.524 e. The lowest BCUT2D eigenvalue weighted by molar-refractivity contribution is 0.282. The Morgan fingerprint density at radius 3 is 2.12 bits per heavy atom. The van der Waals surface area contributed by atoms with Crippen molar-refractivity contribution in [2.75, 3.05) is 0 Å². The van der Waals surface area contributed by atoms with E-state index in [1.54, 1.807) is 6.07 Å². The van der Waals surface area contributed by atoms with Crippen LogP contribution in [0.2, 0.25) is 0 Å². The molecule has 0 radical (unpaired) electrons. The molecule has 0 bridgehead atoms. The van der Waals surface area contributed by atoms with Gasteiger partial charge in [-0.3, -0.25) is 9.79 Å². The van der Waals surface area contributed by atoms with Crippen molar-refractivity contribution in [3.8, 4) is 5.75 Å². The average molecular weight is 258 g/mol. The zero-order valence-corrected chi connectivity index (χ0v) is 11.4. The first-order valence-corrected chi connectivity index (χ1v) is 7.12. The molecule has 96 valence electrons. The number of hydrogen-bond donors (Lipinski definition) is 2. The normalized spacial score (nSPS) is 12.2. The highest BCUT2D eigenvalue weighted by atomic mass is 31.2. The standard InChI is InChI=1S/C12H19O4P/c1-8(2)10-5-6-12(16-17(13,14)15)11(7-10)9(3)4/h5-9H,1-4H3,(H2,13,14,15). The summed E-state index contributed by atoms with van der Waals surface area (Å²) in [5.74, 6) is 0.782. The van der Waals surface area contributed by atoms with Crippen molar-refractivity contribution < 1.29 is 18.9 Å². The molecule has 2 N–H and O–H groups in total. The molecule has 1 aromatic carbocycles. The summed E-state index contributed by atoms with van der Waals surface area (Å²) in [7, 11) is -4.49. The van der Waals surface area contributed by atoms with Crippen LogP contribution >= 0.6 is 7.82 Å². The Balaban J connectivity index is 3.18. The van der Waals surface area contributed by atoms with E-state index in [0.717, 1.165) is 11.1 Å². The maximum Gasteiger partial charge on any atom is 0.524 e. The van der Waals surface area contributed by atoms with Crippen LogP contribution < -0.4 is 4.52 Å². The van der Waals surface area contributed by atoms with Gasteiger partial charge < -0.3 is 4.52 Å². The molecule has 1 aromatic rings. The van der Waals surface area contributed by atoms with Gasteiger partial charge in [-0.05, 0) is 29.0 Å². The SMILES string of the molecule is CC(C)c1ccc(OP(=O)(O)O)c(C(C)C)c1. The van der Waals surface area contributed by atoms with Gasteiger partial charge >= 0.3 is 7.82 Å². The minimum atomic E-state index is -4.49. The van der Waals surface area contributed by atoms with Gasteiger partial charge in [0.15, 0.2) is 0 Å². The molecule has 0 aliphatic rings. The van der Waals surface area contributed by atoms with Crippen LogP contribution in [0.5, 0.6) is 5.75 Å². The first kappa shape index (κ1) is 14.2. The molecule has 17 heavy (non-hydrogen) atoms. The van der Waals surface area contributed by atoms with Gasteiger partial charge in [-0.25, -0.2) is 4.57 Å². The van der Waals surface area contributed by atoms with Crippen molar-refractivity contribution in [3.05, 3.63) is 29.3 Å². The molecule has 0 saturated carbocycles.